The Kier molecular flexibility index (Phi) is 3.20. The number of para-hydroxylation sites is 1. The highest BCUT2D eigenvalue weighted by Gasteiger charge is 2.40. The van der Waals surface area contributed by atoms with Crippen LogP contribution in [-0.4, -0.2) is 23.8 Å². The van der Waals surface area contributed by atoms with Crippen LogP contribution in [0.1, 0.15) is 26.7 Å². The van der Waals surface area contributed by atoms with E-state index < -0.39 is 0 Å². The molecule has 1 unspecified atom stereocenters. The number of benzene rings is 1. The van der Waals surface area contributed by atoms with Crippen molar-refractivity contribution in [1.82, 2.24) is 0 Å². The number of nitrogens with zero attached hydrogens (tertiary/aromatic N) is 1. The summed E-state index contributed by atoms with van der Waals surface area (Å²) in [4.78, 5) is 2.47. The maximum absolute atomic E-state index is 9.10. The average Bonchev–Trinajstić information content (AvgIpc) is 2.57. The second kappa shape index (κ2) is 4.46. The van der Waals surface area contributed by atoms with Crippen LogP contribution in [0.4, 0.5) is 5.69 Å². The molecule has 2 heteroatoms. The third-order valence-corrected chi connectivity index (χ3v) is 3.94. The molecule has 0 saturated carbocycles. The Morgan fingerprint density at radius 3 is 2.62 bits per heavy atom. The topological polar surface area (TPSA) is 23.5 Å². The summed E-state index contributed by atoms with van der Waals surface area (Å²) in [6.07, 6.45) is 2.10. The molecule has 2 rings (SSSR count). The van der Waals surface area contributed by atoms with E-state index in [1.54, 1.807) is 0 Å². The molecule has 1 aliphatic heterocycles. The van der Waals surface area contributed by atoms with Gasteiger partial charge in [0.2, 0.25) is 0 Å². The lowest BCUT2D eigenvalue weighted by molar-refractivity contribution is 0.229. The molecule has 1 saturated heterocycles. The van der Waals surface area contributed by atoms with E-state index in [2.05, 4.69) is 49.1 Å². The summed E-state index contributed by atoms with van der Waals surface area (Å²) < 4.78 is 0. The van der Waals surface area contributed by atoms with Gasteiger partial charge in [-0.05, 0) is 44.7 Å². The first-order chi connectivity index (χ1) is 7.66. The lowest BCUT2D eigenvalue weighted by Crippen LogP contribution is -2.42. The Balaban J connectivity index is 2.19. The average molecular weight is 219 g/mol. The van der Waals surface area contributed by atoms with Crippen molar-refractivity contribution >= 4 is 5.69 Å². The second-order valence-electron chi connectivity index (χ2n) is 5.14. The Bertz CT molecular complexity index is 334. The third kappa shape index (κ3) is 1.94. The summed E-state index contributed by atoms with van der Waals surface area (Å²) in [7, 11) is 0. The lowest BCUT2D eigenvalue weighted by Gasteiger charge is -2.37. The highest BCUT2D eigenvalue weighted by Crippen LogP contribution is 2.39. The van der Waals surface area contributed by atoms with Crippen molar-refractivity contribution in [3.8, 4) is 0 Å². The zero-order chi connectivity index (χ0) is 11.6. The zero-order valence-corrected chi connectivity index (χ0v) is 10.2. The molecule has 1 heterocycles. The Morgan fingerprint density at radius 2 is 2.00 bits per heavy atom. The molecule has 0 spiro atoms. The number of hydrogen-bond donors (Lipinski definition) is 1. The molecule has 1 atom stereocenters. The molecule has 1 fully saturated rings. The maximum Gasteiger partial charge on any atom is 0.0434 e. The number of aliphatic hydroxyl groups is 1. The minimum atomic E-state index is 0.157. The van der Waals surface area contributed by atoms with Gasteiger partial charge < -0.3 is 10.0 Å². The Morgan fingerprint density at radius 1 is 1.31 bits per heavy atom. The molecule has 1 aromatic carbocycles. The van der Waals surface area contributed by atoms with E-state index in [-0.39, 0.29) is 5.54 Å². The summed E-state index contributed by atoms with van der Waals surface area (Å²) in [6.45, 7) is 5.97. The first-order valence-electron chi connectivity index (χ1n) is 6.10. The van der Waals surface area contributed by atoms with Gasteiger partial charge in [-0.1, -0.05) is 18.2 Å². The monoisotopic (exact) mass is 219 g/mol. The smallest absolute Gasteiger partial charge is 0.0434 e. The van der Waals surface area contributed by atoms with Gasteiger partial charge in [0.25, 0.3) is 0 Å². The first-order valence-corrected chi connectivity index (χ1v) is 6.10. The minimum absolute atomic E-state index is 0.157. The SMILES string of the molecule is CC1(C)C(CCO)CCN1c1ccccc1. The second-order valence-corrected chi connectivity index (χ2v) is 5.14. The van der Waals surface area contributed by atoms with Gasteiger partial charge in [0, 0.05) is 24.4 Å². The Labute approximate surface area is 97.9 Å². The van der Waals surface area contributed by atoms with Gasteiger partial charge in [0.15, 0.2) is 0 Å². The molecular weight excluding hydrogens is 198 g/mol. The summed E-state index contributed by atoms with van der Waals surface area (Å²) in [5, 5.41) is 9.10. The van der Waals surface area contributed by atoms with Crippen molar-refractivity contribution < 1.29 is 5.11 Å². The fourth-order valence-electron chi connectivity index (χ4n) is 2.87. The van der Waals surface area contributed by atoms with Crippen LogP contribution in [0.5, 0.6) is 0 Å². The molecule has 0 aromatic heterocycles. The Hall–Kier alpha value is -1.02. The summed E-state index contributed by atoms with van der Waals surface area (Å²) >= 11 is 0. The number of anilines is 1. The number of aliphatic hydroxyl groups excluding tert-OH is 1. The van der Waals surface area contributed by atoms with E-state index in [0.717, 1.165) is 13.0 Å². The van der Waals surface area contributed by atoms with E-state index in [9.17, 15) is 0 Å². The van der Waals surface area contributed by atoms with Crippen LogP contribution >= 0.6 is 0 Å². The van der Waals surface area contributed by atoms with Crippen LogP contribution in [0, 0.1) is 5.92 Å². The van der Waals surface area contributed by atoms with E-state index in [4.69, 9.17) is 5.11 Å². The van der Waals surface area contributed by atoms with Crippen molar-refractivity contribution in [1.29, 1.82) is 0 Å². The fraction of sp³-hybridized carbons (Fsp3) is 0.571. The molecule has 0 amide bonds. The van der Waals surface area contributed by atoms with Gasteiger partial charge in [-0.2, -0.15) is 0 Å². The summed E-state index contributed by atoms with van der Waals surface area (Å²) in [5.74, 6) is 0.595. The van der Waals surface area contributed by atoms with Crippen molar-refractivity contribution in [3.05, 3.63) is 30.3 Å². The highest BCUT2D eigenvalue weighted by molar-refractivity contribution is 5.50. The van der Waals surface area contributed by atoms with Crippen molar-refractivity contribution in [2.45, 2.75) is 32.2 Å². The largest absolute Gasteiger partial charge is 0.396 e. The van der Waals surface area contributed by atoms with Gasteiger partial charge >= 0.3 is 0 Å². The predicted molar refractivity (Wildman–Crippen MR) is 67.7 cm³/mol. The normalized spacial score (nSPS) is 23.7. The van der Waals surface area contributed by atoms with Crippen LogP contribution in [0.15, 0.2) is 30.3 Å². The number of hydrogen-bond acceptors (Lipinski definition) is 2. The molecule has 0 bridgehead atoms. The van der Waals surface area contributed by atoms with Crippen LogP contribution < -0.4 is 4.90 Å². The molecule has 16 heavy (non-hydrogen) atoms. The first kappa shape index (κ1) is 11.5. The van der Waals surface area contributed by atoms with Gasteiger partial charge in [-0.3, -0.25) is 0 Å². The standard InChI is InChI=1S/C14H21NO/c1-14(2)12(9-11-16)8-10-15(14)13-6-4-3-5-7-13/h3-7,12,16H,8-11H2,1-2H3. The van der Waals surface area contributed by atoms with Crippen LogP contribution in [0.2, 0.25) is 0 Å². The van der Waals surface area contributed by atoms with Gasteiger partial charge in [0.05, 0.1) is 0 Å². The predicted octanol–water partition coefficient (Wildman–Crippen LogP) is 2.67. The summed E-state index contributed by atoms with van der Waals surface area (Å²) in [6, 6.07) is 10.6. The molecule has 0 aliphatic carbocycles. The van der Waals surface area contributed by atoms with E-state index in [1.165, 1.54) is 12.1 Å². The molecule has 1 aromatic rings. The minimum Gasteiger partial charge on any atom is -0.396 e. The van der Waals surface area contributed by atoms with Gasteiger partial charge in [-0.25, -0.2) is 0 Å². The summed E-state index contributed by atoms with van der Waals surface area (Å²) in [5.41, 5.74) is 1.46. The van der Waals surface area contributed by atoms with Crippen LogP contribution in [-0.2, 0) is 0 Å². The quantitative estimate of drug-likeness (QED) is 0.845. The van der Waals surface area contributed by atoms with Gasteiger partial charge in [0.1, 0.15) is 0 Å². The zero-order valence-electron chi connectivity index (χ0n) is 10.2. The third-order valence-electron chi connectivity index (χ3n) is 3.94. The van der Waals surface area contributed by atoms with E-state index >= 15 is 0 Å². The molecule has 1 N–H and O–H groups in total. The van der Waals surface area contributed by atoms with Crippen molar-refractivity contribution in [2.75, 3.05) is 18.1 Å². The van der Waals surface area contributed by atoms with Crippen LogP contribution in [0.25, 0.3) is 0 Å². The molecule has 0 radical (unpaired) electrons. The van der Waals surface area contributed by atoms with E-state index in [0.29, 0.717) is 12.5 Å². The molecular formula is C14H21NO. The van der Waals surface area contributed by atoms with Crippen LogP contribution in [0.3, 0.4) is 0 Å². The molecule has 2 nitrogen and oxygen atoms in total. The fourth-order valence-corrected chi connectivity index (χ4v) is 2.87. The maximum atomic E-state index is 9.10. The molecule has 1 aliphatic rings. The number of rotatable bonds is 3. The highest BCUT2D eigenvalue weighted by atomic mass is 16.3. The van der Waals surface area contributed by atoms with Crippen molar-refractivity contribution in [2.24, 2.45) is 5.92 Å². The molecule has 88 valence electrons. The lowest BCUT2D eigenvalue weighted by atomic mass is 9.86. The van der Waals surface area contributed by atoms with Gasteiger partial charge in [-0.15, -0.1) is 0 Å². The van der Waals surface area contributed by atoms with Crippen molar-refractivity contribution in [3.63, 3.8) is 0 Å². The van der Waals surface area contributed by atoms with E-state index in [1.807, 2.05) is 0 Å².